The van der Waals surface area contributed by atoms with Crippen LogP contribution in [0.5, 0.6) is 5.75 Å². The average Bonchev–Trinajstić information content (AvgIpc) is 3.13. The Kier molecular flexibility index (Phi) is 6.38. The lowest BCUT2D eigenvalue weighted by Gasteiger charge is -2.16. The number of carbonyl (C=O) groups excluding carboxylic acids is 3. The van der Waals surface area contributed by atoms with Crippen molar-refractivity contribution >= 4 is 29.2 Å². The second-order valence-electron chi connectivity index (χ2n) is 6.20. The lowest BCUT2D eigenvalue weighted by molar-refractivity contribution is -0.119. The molecule has 1 aliphatic rings. The molecule has 0 bridgehead atoms. The third kappa shape index (κ3) is 5.28. The van der Waals surface area contributed by atoms with Gasteiger partial charge in [-0.2, -0.15) is 8.78 Å². The van der Waals surface area contributed by atoms with Crippen LogP contribution in [-0.2, 0) is 14.3 Å². The number of alkyl halides is 2. The number of para-hydroxylation sites is 2. The Morgan fingerprint density at radius 3 is 2.66 bits per heavy atom. The molecular weight excluding hydrogens is 386 g/mol. The molecule has 152 valence electrons. The first-order valence-corrected chi connectivity index (χ1v) is 8.85. The van der Waals surface area contributed by atoms with E-state index in [9.17, 15) is 23.2 Å². The molecule has 0 spiro atoms. The van der Waals surface area contributed by atoms with Gasteiger partial charge in [-0.1, -0.05) is 18.2 Å². The highest BCUT2D eigenvalue weighted by Gasteiger charge is 2.22. The Bertz CT molecular complexity index is 919. The fraction of sp³-hybridized carbons (Fsp3) is 0.250. The monoisotopic (exact) mass is 404 g/mol. The zero-order valence-electron chi connectivity index (χ0n) is 15.3. The van der Waals surface area contributed by atoms with Crippen LogP contribution >= 0.6 is 0 Å². The van der Waals surface area contributed by atoms with E-state index in [1.165, 1.54) is 36.4 Å². The molecule has 2 amide bonds. The number of carbonyl (C=O) groups is 3. The molecule has 0 aromatic heterocycles. The Labute approximate surface area is 165 Å². The number of rotatable bonds is 7. The number of esters is 1. The van der Waals surface area contributed by atoms with Gasteiger partial charge in [0.25, 0.3) is 5.91 Å². The number of hydrogen-bond donors (Lipinski definition) is 1. The predicted octanol–water partition coefficient (Wildman–Crippen LogP) is 3.21. The molecular formula is C20H18F2N2O5. The second kappa shape index (κ2) is 9.13. The van der Waals surface area contributed by atoms with E-state index in [-0.39, 0.29) is 22.9 Å². The number of nitrogens with zero attached hydrogens (tertiary/aromatic N) is 1. The molecule has 2 aromatic carbocycles. The Hall–Kier alpha value is -3.49. The molecule has 0 saturated carbocycles. The van der Waals surface area contributed by atoms with Crippen molar-refractivity contribution in [3.63, 3.8) is 0 Å². The quantitative estimate of drug-likeness (QED) is 0.717. The SMILES string of the molecule is O=C(COC(=O)c1cccc(N2CCCC2=O)c1)Nc1ccccc1OC(F)F. The van der Waals surface area contributed by atoms with Crippen LogP contribution in [0.25, 0.3) is 0 Å². The summed E-state index contributed by atoms with van der Waals surface area (Å²) in [5.41, 5.74) is 0.810. The zero-order valence-corrected chi connectivity index (χ0v) is 15.3. The van der Waals surface area contributed by atoms with E-state index in [2.05, 4.69) is 10.1 Å². The fourth-order valence-corrected chi connectivity index (χ4v) is 2.89. The first kappa shape index (κ1) is 20.2. The van der Waals surface area contributed by atoms with Gasteiger partial charge >= 0.3 is 12.6 Å². The molecule has 2 aromatic rings. The molecule has 7 nitrogen and oxygen atoms in total. The number of halogens is 2. The van der Waals surface area contributed by atoms with Crippen molar-refractivity contribution in [3.05, 3.63) is 54.1 Å². The molecule has 1 fully saturated rings. The van der Waals surface area contributed by atoms with E-state index in [0.29, 0.717) is 18.7 Å². The van der Waals surface area contributed by atoms with Gasteiger partial charge in [0.05, 0.1) is 11.3 Å². The molecule has 3 rings (SSSR count). The van der Waals surface area contributed by atoms with Crippen molar-refractivity contribution in [2.24, 2.45) is 0 Å². The maximum Gasteiger partial charge on any atom is 0.387 e. The van der Waals surface area contributed by atoms with Gasteiger partial charge in [0, 0.05) is 18.7 Å². The topological polar surface area (TPSA) is 84.9 Å². The summed E-state index contributed by atoms with van der Waals surface area (Å²) in [7, 11) is 0. The fourth-order valence-electron chi connectivity index (χ4n) is 2.89. The molecule has 1 aliphatic heterocycles. The van der Waals surface area contributed by atoms with Crippen molar-refractivity contribution in [3.8, 4) is 5.75 Å². The molecule has 0 unspecified atom stereocenters. The third-order valence-corrected chi connectivity index (χ3v) is 4.18. The van der Waals surface area contributed by atoms with Gasteiger partial charge in [-0.05, 0) is 36.8 Å². The maximum atomic E-state index is 12.4. The number of benzene rings is 2. The molecule has 0 aliphatic carbocycles. The van der Waals surface area contributed by atoms with Crippen LogP contribution in [0.3, 0.4) is 0 Å². The summed E-state index contributed by atoms with van der Waals surface area (Å²) in [5, 5.41) is 2.36. The number of nitrogens with one attached hydrogen (secondary N) is 1. The first-order valence-electron chi connectivity index (χ1n) is 8.85. The van der Waals surface area contributed by atoms with Gasteiger partial charge in [0.1, 0.15) is 5.75 Å². The highest BCUT2D eigenvalue weighted by atomic mass is 19.3. The van der Waals surface area contributed by atoms with Crippen LogP contribution in [0.4, 0.5) is 20.2 Å². The van der Waals surface area contributed by atoms with E-state index >= 15 is 0 Å². The van der Waals surface area contributed by atoms with Crippen molar-refractivity contribution in [2.75, 3.05) is 23.4 Å². The van der Waals surface area contributed by atoms with E-state index < -0.39 is 25.1 Å². The van der Waals surface area contributed by atoms with Crippen LogP contribution in [-0.4, -0.2) is 37.5 Å². The standard InChI is InChI=1S/C20H18F2N2O5/c21-20(22)29-16-8-2-1-7-15(16)23-17(25)12-28-19(27)13-5-3-6-14(11-13)24-10-4-9-18(24)26/h1-3,5-8,11,20H,4,9-10,12H2,(H,23,25). The van der Waals surface area contributed by atoms with Gasteiger partial charge in [0.15, 0.2) is 6.61 Å². The van der Waals surface area contributed by atoms with Crippen LogP contribution in [0.2, 0.25) is 0 Å². The Balaban J connectivity index is 1.58. The Morgan fingerprint density at radius 2 is 1.93 bits per heavy atom. The summed E-state index contributed by atoms with van der Waals surface area (Å²) in [4.78, 5) is 37.7. The lowest BCUT2D eigenvalue weighted by atomic mass is 10.2. The van der Waals surface area contributed by atoms with Crippen LogP contribution in [0.1, 0.15) is 23.2 Å². The van der Waals surface area contributed by atoms with Crippen molar-refractivity contribution in [2.45, 2.75) is 19.5 Å². The predicted molar refractivity (Wildman–Crippen MR) is 100 cm³/mol. The lowest BCUT2D eigenvalue weighted by Crippen LogP contribution is -2.24. The second-order valence-corrected chi connectivity index (χ2v) is 6.20. The van der Waals surface area contributed by atoms with E-state index in [1.807, 2.05) is 0 Å². The molecule has 29 heavy (non-hydrogen) atoms. The highest BCUT2D eigenvalue weighted by Crippen LogP contribution is 2.25. The van der Waals surface area contributed by atoms with Gasteiger partial charge in [-0.25, -0.2) is 4.79 Å². The average molecular weight is 404 g/mol. The maximum absolute atomic E-state index is 12.4. The summed E-state index contributed by atoms with van der Waals surface area (Å²) >= 11 is 0. The number of anilines is 2. The van der Waals surface area contributed by atoms with Gasteiger partial charge in [-0.15, -0.1) is 0 Å². The molecule has 1 heterocycles. The molecule has 1 saturated heterocycles. The Morgan fingerprint density at radius 1 is 1.14 bits per heavy atom. The van der Waals surface area contributed by atoms with Gasteiger partial charge in [-0.3, -0.25) is 9.59 Å². The third-order valence-electron chi connectivity index (χ3n) is 4.18. The van der Waals surface area contributed by atoms with Crippen molar-refractivity contribution in [1.29, 1.82) is 0 Å². The minimum absolute atomic E-state index is 0.0143. The van der Waals surface area contributed by atoms with Crippen molar-refractivity contribution in [1.82, 2.24) is 0 Å². The summed E-state index contributed by atoms with van der Waals surface area (Å²) in [6, 6.07) is 12.0. The van der Waals surface area contributed by atoms with E-state index in [0.717, 1.165) is 6.42 Å². The summed E-state index contributed by atoms with van der Waals surface area (Å²) in [6.45, 7) is -3.07. The van der Waals surface area contributed by atoms with Crippen LogP contribution < -0.4 is 15.0 Å². The number of ether oxygens (including phenoxy) is 2. The minimum Gasteiger partial charge on any atom is -0.452 e. The normalized spacial score (nSPS) is 13.5. The molecule has 0 atom stereocenters. The van der Waals surface area contributed by atoms with Crippen molar-refractivity contribution < 1.29 is 32.6 Å². The zero-order chi connectivity index (χ0) is 20.8. The summed E-state index contributed by atoms with van der Waals surface area (Å²) in [6.07, 6.45) is 1.22. The largest absolute Gasteiger partial charge is 0.452 e. The highest BCUT2D eigenvalue weighted by molar-refractivity contribution is 5.99. The number of hydrogen-bond acceptors (Lipinski definition) is 5. The first-order chi connectivity index (χ1) is 13.9. The molecule has 0 radical (unpaired) electrons. The van der Waals surface area contributed by atoms with E-state index in [4.69, 9.17) is 4.74 Å². The summed E-state index contributed by atoms with van der Waals surface area (Å²) < 4.78 is 34.1. The van der Waals surface area contributed by atoms with Crippen LogP contribution in [0, 0.1) is 0 Å². The number of amides is 2. The smallest absolute Gasteiger partial charge is 0.387 e. The summed E-state index contributed by atoms with van der Waals surface area (Å²) in [5.74, 6) is -1.68. The minimum atomic E-state index is -3.04. The van der Waals surface area contributed by atoms with Gasteiger partial charge in [0.2, 0.25) is 5.91 Å². The van der Waals surface area contributed by atoms with Gasteiger partial charge < -0.3 is 19.7 Å². The van der Waals surface area contributed by atoms with Crippen LogP contribution in [0.15, 0.2) is 48.5 Å². The molecule has 1 N–H and O–H groups in total. The van der Waals surface area contributed by atoms with E-state index in [1.54, 1.807) is 17.0 Å². The molecule has 9 heteroatoms.